The van der Waals surface area contributed by atoms with E-state index in [2.05, 4.69) is 15.2 Å². The number of nitrogens with zero attached hydrogens (tertiary/aromatic N) is 2. The standard InChI is InChI=1S/C17H19N3O3/c1-18-17(21)14-12-19-16(20-7-9-22-10-8-20)11-15(14)23-13-5-3-2-4-6-13/h2-6,11-12H,7-10H2,1H3,(H,18,21). The van der Waals surface area contributed by atoms with Crippen LogP contribution in [-0.4, -0.2) is 44.2 Å². The average Bonchev–Trinajstić information content (AvgIpc) is 2.62. The van der Waals surface area contributed by atoms with Crippen molar-refractivity contribution in [2.45, 2.75) is 0 Å². The molecule has 1 amide bonds. The van der Waals surface area contributed by atoms with Gasteiger partial charge >= 0.3 is 0 Å². The Balaban J connectivity index is 1.93. The summed E-state index contributed by atoms with van der Waals surface area (Å²) in [5.74, 6) is 1.73. The molecule has 3 rings (SSSR count). The highest BCUT2D eigenvalue weighted by molar-refractivity contribution is 5.96. The van der Waals surface area contributed by atoms with Crippen molar-refractivity contribution in [1.82, 2.24) is 10.3 Å². The summed E-state index contributed by atoms with van der Waals surface area (Å²) in [6, 6.07) is 11.2. The van der Waals surface area contributed by atoms with Crippen LogP contribution in [0.1, 0.15) is 10.4 Å². The fourth-order valence-electron chi connectivity index (χ4n) is 2.40. The average molecular weight is 313 g/mol. The van der Waals surface area contributed by atoms with E-state index in [0.717, 1.165) is 18.9 Å². The molecule has 0 unspecified atom stereocenters. The Morgan fingerprint density at radius 2 is 2.00 bits per heavy atom. The Hall–Kier alpha value is -2.60. The first kappa shape index (κ1) is 15.3. The van der Waals surface area contributed by atoms with Gasteiger partial charge in [-0.15, -0.1) is 0 Å². The molecule has 0 saturated carbocycles. The van der Waals surface area contributed by atoms with Crippen LogP contribution < -0.4 is 15.0 Å². The molecule has 2 aromatic rings. The minimum Gasteiger partial charge on any atom is -0.456 e. The van der Waals surface area contributed by atoms with E-state index < -0.39 is 0 Å². The number of rotatable bonds is 4. The summed E-state index contributed by atoms with van der Waals surface area (Å²) in [4.78, 5) is 18.6. The molecule has 1 aliphatic heterocycles. The molecule has 0 bridgehead atoms. The minimum absolute atomic E-state index is 0.225. The van der Waals surface area contributed by atoms with Gasteiger partial charge in [0.2, 0.25) is 0 Å². The smallest absolute Gasteiger partial charge is 0.256 e. The summed E-state index contributed by atoms with van der Waals surface area (Å²) in [6.45, 7) is 2.90. The fraction of sp³-hybridized carbons (Fsp3) is 0.294. The molecule has 0 aliphatic carbocycles. The van der Waals surface area contributed by atoms with E-state index in [1.165, 1.54) is 0 Å². The van der Waals surface area contributed by atoms with Crippen LogP contribution in [0.5, 0.6) is 11.5 Å². The van der Waals surface area contributed by atoms with E-state index in [0.29, 0.717) is 30.3 Å². The van der Waals surface area contributed by atoms with Crippen molar-refractivity contribution in [3.8, 4) is 11.5 Å². The number of benzene rings is 1. The van der Waals surface area contributed by atoms with Gasteiger partial charge in [0, 0.05) is 32.4 Å². The molecule has 1 saturated heterocycles. The first-order valence-electron chi connectivity index (χ1n) is 7.55. The van der Waals surface area contributed by atoms with Crippen molar-refractivity contribution in [2.24, 2.45) is 0 Å². The van der Waals surface area contributed by atoms with Gasteiger partial charge in [-0.3, -0.25) is 4.79 Å². The Morgan fingerprint density at radius 1 is 1.26 bits per heavy atom. The maximum atomic E-state index is 12.0. The van der Waals surface area contributed by atoms with E-state index in [4.69, 9.17) is 9.47 Å². The SMILES string of the molecule is CNC(=O)c1cnc(N2CCOCC2)cc1Oc1ccccc1. The van der Waals surface area contributed by atoms with Crippen molar-refractivity contribution < 1.29 is 14.3 Å². The van der Waals surface area contributed by atoms with Crippen molar-refractivity contribution in [3.05, 3.63) is 48.2 Å². The van der Waals surface area contributed by atoms with Gasteiger partial charge in [-0.1, -0.05) is 18.2 Å². The predicted molar refractivity (Wildman–Crippen MR) is 87.2 cm³/mol. The van der Waals surface area contributed by atoms with Crippen LogP contribution >= 0.6 is 0 Å². The van der Waals surface area contributed by atoms with Gasteiger partial charge in [0.05, 0.1) is 13.2 Å². The molecule has 1 N–H and O–H groups in total. The quantitative estimate of drug-likeness (QED) is 0.936. The van der Waals surface area contributed by atoms with Gasteiger partial charge in [-0.05, 0) is 12.1 Å². The lowest BCUT2D eigenvalue weighted by Gasteiger charge is -2.28. The first-order valence-corrected chi connectivity index (χ1v) is 7.55. The number of amides is 1. The molecule has 0 atom stereocenters. The summed E-state index contributed by atoms with van der Waals surface area (Å²) in [5.41, 5.74) is 0.411. The molecular formula is C17H19N3O3. The molecular weight excluding hydrogens is 294 g/mol. The van der Waals surface area contributed by atoms with Crippen molar-refractivity contribution >= 4 is 11.7 Å². The van der Waals surface area contributed by atoms with E-state index in [1.807, 2.05) is 36.4 Å². The zero-order chi connectivity index (χ0) is 16.1. The molecule has 1 aromatic carbocycles. The second-order valence-electron chi connectivity index (χ2n) is 5.13. The topological polar surface area (TPSA) is 63.7 Å². The lowest BCUT2D eigenvalue weighted by molar-refractivity contribution is 0.0960. The number of pyridine rings is 1. The van der Waals surface area contributed by atoms with Crippen LogP contribution in [0.2, 0.25) is 0 Å². The highest BCUT2D eigenvalue weighted by Gasteiger charge is 2.18. The van der Waals surface area contributed by atoms with Crippen LogP contribution in [0.3, 0.4) is 0 Å². The van der Waals surface area contributed by atoms with Crippen LogP contribution in [-0.2, 0) is 4.74 Å². The van der Waals surface area contributed by atoms with Crippen LogP contribution in [0.25, 0.3) is 0 Å². The maximum Gasteiger partial charge on any atom is 0.256 e. The number of anilines is 1. The second kappa shape index (κ2) is 7.11. The van der Waals surface area contributed by atoms with Crippen molar-refractivity contribution in [2.75, 3.05) is 38.3 Å². The monoisotopic (exact) mass is 313 g/mol. The normalized spacial score (nSPS) is 14.4. The van der Waals surface area contributed by atoms with Gasteiger partial charge in [-0.25, -0.2) is 4.98 Å². The number of carbonyl (C=O) groups excluding carboxylic acids is 1. The first-order chi connectivity index (χ1) is 11.3. The summed E-state index contributed by atoms with van der Waals surface area (Å²) >= 11 is 0. The van der Waals surface area contributed by atoms with Gasteiger partial charge in [0.25, 0.3) is 5.91 Å². The van der Waals surface area contributed by atoms with Gasteiger partial charge in [0.15, 0.2) is 0 Å². The predicted octanol–water partition coefficient (Wildman–Crippen LogP) is 2.07. The van der Waals surface area contributed by atoms with E-state index >= 15 is 0 Å². The highest BCUT2D eigenvalue weighted by atomic mass is 16.5. The summed E-state index contributed by atoms with van der Waals surface area (Å²) in [6.07, 6.45) is 1.56. The largest absolute Gasteiger partial charge is 0.456 e. The third-order valence-electron chi connectivity index (χ3n) is 3.63. The molecule has 1 aliphatic rings. The lowest BCUT2D eigenvalue weighted by atomic mass is 10.2. The second-order valence-corrected chi connectivity index (χ2v) is 5.13. The number of para-hydroxylation sites is 1. The Labute approximate surface area is 135 Å². The molecule has 23 heavy (non-hydrogen) atoms. The molecule has 2 heterocycles. The number of morpholine rings is 1. The van der Waals surface area contributed by atoms with Crippen LogP contribution in [0.4, 0.5) is 5.82 Å². The molecule has 0 spiro atoms. The highest BCUT2D eigenvalue weighted by Crippen LogP contribution is 2.28. The molecule has 6 nitrogen and oxygen atoms in total. The summed E-state index contributed by atoms with van der Waals surface area (Å²) in [7, 11) is 1.59. The van der Waals surface area contributed by atoms with E-state index in [1.54, 1.807) is 13.2 Å². The zero-order valence-corrected chi connectivity index (χ0v) is 13.0. The molecule has 120 valence electrons. The number of aromatic nitrogens is 1. The molecule has 0 radical (unpaired) electrons. The molecule has 1 fully saturated rings. The summed E-state index contributed by atoms with van der Waals surface area (Å²) in [5, 5.41) is 2.61. The number of carbonyl (C=O) groups is 1. The lowest BCUT2D eigenvalue weighted by Crippen LogP contribution is -2.36. The van der Waals surface area contributed by atoms with E-state index in [-0.39, 0.29) is 5.91 Å². The summed E-state index contributed by atoms with van der Waals surface area (Å²) < 4.78 is 11.3. The van der Waals surface area contributed by atoms with E-state index in [9.17, 15) is 4.79 Å². The number of hydrogen-bond donors (Lipinski definition) is 1. The Kier molecular flexibility index (Phi) is 4.73. The fourth-order valence-corrected chi connectivity index (χ4v) is 2.40. The third-order valence-corrected chi connectivity index (χ3v) is 3.63. The van der Waals surface area contributed by atoms with Crippen LogP contribution in [0, 0.1) is 0 Å². The van der Waals surface area contributed by atoms with Gasteiger partial charge < -0.3 is 19.7 Å². The number of hydrogen-bond acceptors (Lipinski definition) is 5. The van der Waals surface area contributed by atoms with Gasteiger partial charge in [0.1, 0.15) is 22.9 Å². The number of nitrogens with one attached hydrogen (secondary N) is 1. The van der Waals surface area contributed by atoms with Crippen molar-refractivity contribution in [3.63, 3.8) is 0 Å². The van der Waals surface area contributed by atoms with Crippen molar-refractivity contribution in [1.29, 1.82) is 0 Å². The Bertz CT molecular complexity index is 670. The Morgan fingerprint density at radius 3 is 2.70 bits per heavy atom. The molecule has 1 aromatic heterocycles. The van der Waals surface area contributed by atoms with Gasteiger partial charge in [-0.2, -0.15) is 0 Å². The minimum atomic E-state index is -0.225. The van der Waals surface area contributed by atoms with Crippen LogP contribution in [0.15, 0.2) is 42.6 Å². The number of ether oxygens (including phenoxy) is 2. The zero-order valence-electron chi connectivity index (χ0n) is 13.0. The third kappa shape index (κ3) is 3.60. The molecule has 6 heteroatoms. The maximum absolute atomic E-state index is 12.0.